The van der Waals surface area contributed by atoms with Crippen molar-refractivity contribution in [2.75, 3.05) is 25.6 Å². The Hall–Kier alpha value is -2.53. The van der Waals surface area contributed by atoms with E-state index in [1.165, 1.54) is 5.56 Å². The first-order valence-electron chi connectivity index (χ1n) is 9.09. The van der Waals surface area contributed by atoms with E-state index < -0.39 is 0 Å². The summed E-state index contributed by atoms with van der Waals surface area (Å²) in [5.74, 6) is 0.853. The number of nitrogens with one attached hydrogen (secondary N) is 1. The average molecular weight is 353 g/mol. The van der Waals surface area contributed by atoms with E-state index in [1.54, 1.807) is 7.11 Å². The van der Waals surface area contributed by atoms with Gasteiger partial charge < -0.3 is 19.4 Å². The zero-order chi connectivity index (χ0) is 18.4. The molecule has 1 heterocycles. The smallest absolute Gasteiger partial charge is 0.123 e. The molecule has 2 aromatic carbocycles. The number of nitrogens with zero attached hydrogens (tertiary/aromatic N) is 2. The van der Waals surface area contributed by atoms with Crippen LogP contribution in [0.25, 0.3) is 11.0 Å². The van der Waals surface area contributed by atoms with Crippen molar-refractivity contribution < 1.29 is 9.47 Å². The third-order valence-electron chi connectivity index (χ3n) is 4.30. The lowest BCUT2D eigenvalue weighted by Gasteiger charge is -2.14. The van der Waals surface area contributed by atoms with Crippen molar-refractivity contribution in [2.45, 2.75) is 32.9 Å². The summed E-state index contributed by atoms with van der Waals surface area (Å²) in [7, 11) is 1.71. The summed E-state index contributed by atoms with van der Waals surface area (Å²) in [6.07, 6.45) is 2.77. The van der Waals surface area contributed by atoms with E-state index in [-0.39, 0.29) is 0 Å². The van der Waals surface area contributed by atoms with Crippen LogP contribution < -0.4 is 10.1 Å². The standard InChI is InChI=1S/C21H27N3O2/c1-16(2)24-15-23-21-19(22-14-17-8-5-4-6-9-17)12-18(13-20(21)24)26-11-7-10-25-3/h4-6,8-9,12-13,15-16,22H,7,10-11,14H2,1-3H3. The fourth-order valence-electron chi connectivity index (χ4n) is 2.92. The molecule has 0 aliphatic rings. The molecule has 0 spiro atoms. The highest BCUT2D eigenvalue weighted by Crippen LogP contribution is 2.30. The van der Waals surface area contributed by atoms with E-state index in [9.17, 15) is 0 Å². The summed E-state index contributed by atoms with van der Waals surface area (Å²) >= 11 is 0. The third kappa shape index (κ3) is 4.35. The molecule has 0 saturated carbocycles. The van der Waals surface area contributed by atoms with Crippen LogP contribution in [0.2, 0.25) is 0 Å². The van der Waals surface area contributed by atoms with Gasteiger partial charge in [-0.3, -0.25) is 0 Å². The number of aromatic nitrogens is 2. The number of benzene rings is 2. The van der Waals surface area contributed by atoms with Crippen LogP contribution in [-0.4, -0.2) is 29.9 Å². The molecular weight excluding hydrogens is 326 g/mol. The topological polar surface area (TPSA) is 48.3 Å². The maximum Gasteiger partial charge on any atom is 0.123 e. The number of fused-ring (bicyclic) bond motifs is 1. The predicted octanol–water partition coefficient (Wildman–Crippen LogP) is 4.64. The Kier molecular flexibility index (Phi) is 6.12. The van der Waals surface area contributed by atoms with Gasteiger partial charge in [0.05, 0.1) is 24.1 Å². The average Bonchev–Trinajstić information content (AvgIpc) is 3.08. The normalized spacial score (nSPS) is 11.2. The van der Waals surface area contributed by atoms with E-state index in [2.05, 4.69) is 59.0 Å². The van der Waals surface area contributed by atoms with Crippen LogP contribution in [0.5, 0.6) is 5.75 Å². The minimum Gasteiger partial charge on any atom is -0.493 e. The predicted molar refractivity (Wildman–Crippen MR) is 106 cm³/mol. The first kappa shape index (κ1) is 18.3. The van der Waals surface area contributed by atoms with Crippen molar-refractivity contribution in [1.82, 2.24) is 9.55 Å². The maximum absolute atomic E-state index is 5.95. The summed E-state index contributed by atoms with van der Waals surface area (Å²) in [6.45, 7) is 6.39. The van der Waals surface area contributed by atoms with Gasteiger partial charge in [0.15, 0.2) is 0 Å². The Morgan fingerprint density at radius 2 is 1.92 bits per heavy atom. The van der Waals surface area contributed by atoms with Gasteiger partial charge in [0.2, 0.25) is 0 Å². The Bertz CT molecular complexity index is 828. The van der Waals surface area contributed by atoms with Gasteiger partial charge >= 0.3 is 0 Å². The molecule has 5 nitrogen and oxygen atoms in total. The maximum atomic E-state index is 5.95. The fourth-order valence-corrected chi connectivity index (χ4v) is 2.92. The highest BCUT2D eigenvalue weighted by atomic mass is 16.5. The van der Waals surface area contributed by atoms with Crippen molar-refractivity contribution in [2.24, 2.45) is 0 Å². The molecule has 0 aliphatic heterocycles. The minimum absolute atomic E-state index is 0.339. The first-order chi connectivity index (χ1) is 12.7. The molecule has 1 N–H and O–H groups in total. The molecule has 0 fully saturated rings. The highest BCUT2D eigenvalue weighted by molar-refractivity contribution is 5.90. The Balaban J connectivity index is 1.86. The van der Waals surface area contributed by atoms with Crippen LogP contribution >= 0.6 is 0 Å². The largest absolute Gasteiger partial charge is 0.493 e. The van der Waals surface area contributed by atoms with Gasteiger partial charge in [0, 0.05) is 44.9 Å². The Morgan fingerprint density at radius 3 is 2.65 bits per heavy atom. The molecule has 0 radical (unpaired) electrons. The second kappa shape index (κ2) is 8.72. The zero-order valence-corrected chi connectivity index (χ0v) is 15.7. The molecule has 3 rings (SSSR count). The number of rotatable bonds is 9. The van der Waals surface area contributed by atoms with Gasteiger partial charge in [-0.15, -0.1) is 0 Å². The quantitative estimate of drug-likeness (QED) is 0.569. The molecule has 138 valence electrons. The first-order valence-corrected chi connectivity index (χ1v) is 9.09. The van der Waals surface area contributed by atoms with Crippen LogP contribution in [0.4, 0.5) is 5.69 Å². The van der Waals surface area contributed by atoms with Gasteiger partial charge in [-0.05, 0) is 19.4 Å². The molecule has 0 saturated heterocycles. The number of hydrogen-bond acceptors (Lipinski definition) is 4. The van der Waals surface area contributed by atoms with Crippen LogP contribution in [0, 0.1) is 0 Å². The van der Waals surface area contributed by atoms with Crippen LogP contribution in [-0.2, 0) is 11.3 Å². The summed E-state index contributed by atoms with van der Waals surface area (Å²) in [4.78, 5) is 4.63. The number of anilines is 1. The molecule has 0 bridgehead atoms. The van der Waals surface area contributed by atoms with Crippen molar-refractivity contribution in [3.63, 3.8) is 0 Å². The molecule has 5 heteroatoms. The van der Waals surface area contributed by atoms with Crippen LogP contribution in [0.15, 0.2) is 48.8 Å². The molecule has 26 heavy (non-hydrogen) atoms. The van der Waals surface area contributed by atoms with Crippen molar-refractivity contribution in [1.29, 1.82) is 0 Å². The number of ether oxygens (including phenoxy) is 2. The molecule has 1 aromatic heterocycles. The molecule has 0 atom stereocenters. The van der Waals surface area contributed by atoms with Gasteiger partial charge in [0.25, 0.3) is 0 Å². The monoisotopic (exact) mass is 353 g/mol. The van der Waals surface area contributed by atoms with E-state index in [0.717, 1.165) is 35.4 Å². The molecule has 0 unspecified atom stereocenters. The fraction of sp³-hybridized carbons (Fsp3) is 0.381. The van der Waals surface area contributed by atoms with Gasteiger partial charge in [-0.1, -0.05) is 30.3 Å². The Morgan fingerprint density at radius 1 is 1.12 bits per heavy atom. The lowest BCUT2D eigenvalue weighted by atomic mass is 10.2. The molecular formula is C21H27N3O2. The van der Waals surface area contributed by atoms with Crippen molar-refractivity contribution in [3.05, 3.63) is 54.4 Å². The van der Waals surface area contributed by atoms with Gasteiger partial charge in [0.1, 0.15) is 11.3 Å². The summed E-state index contributed by atoms with van der Waals surface area (Å²) in [5, 5.41) is 3.52. The number of methoxy groups -OCH3 is 1. The highest BCUT2D eigenvalue weighted by Gasteiger charge is 2.12. The van der Waals surface area contributed by atoms with Gasteiger partial charge in [-0.2, -0.15) is 0 Å². The number of imidazole rings is 1. The van der Waals surface area contributed by atoms with E-state index in [1.807, 2.05) is 18.5 Å². The van der Waals surface area contributed by atoms with Crippen LogP contribution in [0.3, 0.4) is 0 Å². The summed E-state index contributed by atoms with van der Waals surface area (Å²) < 4.78 is 13.2. The van der Waals surface area contributed by atoms with Gasteiger partial charge in [-0.25, -0.2) is 4.98 Å². The minimum atomic E-state index is 0.339. The van der Waals surface area contributed by atoms with E-state index >= 15 is 0 Å². The molecule has 0 aliphatic carbocycles. The number of hydrogen-bond donors (Lipinski definition) is 1. The molecule has 3 aromatic rings. The van der Waals surface area contributed by atoms with E-state index in [0.29, 0.717) is 19.3 Å². The second-order valence-corrected chi connectivity index (χ2v) is 6.62. The Labute approximate surface area is 155 Å². The van der Waals surface area contributed by atoms with E-state index in [4.69, 9.17) is 9.47 Å². The van der Waals surface area contributed by atoms with Crippen LogP contribution in [0.1, 0.15) is 31.9 Å². The summed E-state index contributed by atoms with van der Waals surface area (Å²) in [5.41, 5.74) is 4.28. The lowest BCUT2D eigenvalue weighted by molar-refractivity contribution is 0.172. The third-order valence-corrected chi connectivity index (χ3v) is 4.30. The SMILES string of the molecule is COCCCOc1cc(NCc2ccccc2)c2ncn(C(C)C)c2c1. The second-order valence-electron chi connectivity index (χ2n) is 6.62. The molecule has 0 amide bonds. The zero-order valence-electron chi connectivity index (χ0n) is 15.7. The summed E-state index contributed by atoms with van der Waals surface area (Å²) in [6, 6.07) is 14.8. The van der Waals surface area contributed by atoms with Crippen molar-refractivity contribution in [3.8, 4) is 5.75 Å². The van der Waals surface area contributed by atoms with Crippen molar-refractivity contribution >= 4 is 16.7 Å². The lowest BCUT2D eigenvalue weighted by Crippen LogP contribution is -2.04.